The van der Waals surface area contributed by atoms with Gasteiger partial charge in [0.1, 0.15) is 5.82 Å². The maximum absolute atomic E-state index is 14.0. The van der Waals surface area contributed by atoms with E-state index in [4.69, 9.17) is 18.9 Å². The molecule has 0 bridgehead atoms. The van der Waals surface area contributed by atoms with Gasteiger partial charge in [0.15, 0.2) is 17.8 Å². The lowest BCUT2D eigenvalue weighted by molar-refractivity contribution is -0.0466. The molecule has 0 radical (unpaired) electrons. The minimum Gasteiger partial charge on any atom is -0.490 e. The van der Waals surface area contributed by atoms with Crippen LogP contribution in [0.25, 0.3) is 0 Å². The monoisotopic (exact) mass is 256 g/mol. The minimum absolute atomic E-state index is 0.347. The van der Waals surface area contributed by atoms with Crippen molar-refractivity contribution in [2.45, 2.75) is 20.1 Å². The van der Waals surface area contributed by atoms with Crippen molar-refractivity contribution in [2.24, 2.45) is 0 Å². The van der Waals surface area contributed by atoms with Gasteiger partial charge in [-0.1, -0.05) is 0 Å². The number of benzene rings is 1. The van der Waals surface area contributed by atoms with E-state index < -0.39 is 12.1 Å². The molecule has 1 aromatic carbocycles. The lowest BCUT2D eigenvalue weighted by Crippen LogP contribution is -2.05. The summed E-state index contributed by atoms with van der Waals surface area (Å²) in [4.78, 5) is 0. The Hall–Kier alpha value is -1.33. The van der Waals surface area contributed by atoms with Crippen LogP contribution < -0.4 is 9.47 Å². The third-order valence-electron chi connectivity index (χ3n) is 2.54. The van der Waals surface area contributed by atoms with Crippen LogP contribution in [0.3, 0.4) is 0 Å². The van der Waals surface area contributed by atoms with Crippen LogP contribution in [0, 0.1) is 5.82 Å². The minimum atomic E-state index is -0.653. The van der Waals surface area contributed by atoms with Crippen molar-refractivity contribution in [1.29, 1.82) is 0 Å². The fourth-order valence-electron chi connectivity index (χ4n) is 1.81. The molecule has 4 nitrogen and oxygen atoms in total. The average molecular weight is 256 g/mol. The quantitative estimate of drug-likeness (QED) is 0.811. The smallest absolute Gasteiger partial charge is 0.186 e. The van der Waals surface area contributed by atoms with Crippen molar-refractivity contribution < 1.29 is 23.3 Å². The van der Waals surface area contributed by atoms with Gasteiger partial charge in [-0.25, -0.2) is 4.39 Å². The van der Waals surface area contributed by atoms with E-state index in [1.807, 2.05) is 13.8 Å². The zero-order valence-electron chi connectivity index (χ0n) is 10.6. The van der Waals surface area contributed by atoms with E-state index in [2.05, 4.69) is 0 Å². The van der Waals surface area contributed by atoms with Gasteiger partial charge in [0, 0.05) is 11.6 Å². The van der Waals surface area contributed by atoms with Crippen molar-refractivity contribution in [3.05, 3.63) is 23.5 Å². The number of rotatable bonds is 5. The van der Waals surface area contributed by atoms with Gasteiger partial charge in [-0.15, -0.1) is 0 Å². The van der Waals surface area contributed by atoms with Crippen molar-refractivity contribution in [1.82, 2.24) is 0 Å². The standard InChI is InChI=1S/C13H17FO4/c1-3-15-11-7-9(13-17-5-6-18-13)10(14)8-12(11)16-4-2/h7-8,13H,3-6H2,1-2H3. The average Bonchev–Trinajstić information content (AvgIpc) is 2.86. The van der Waals surface area contributed by atoms with Crippen molar-refractivity contribution in [3.8, 4) is 11.5 Å². The van der Waals surface area contributed by atoms with Crippen molar-refractivity contribution in [2.75, 3.05) is 26.4 Å². The van der Waals surface area contributed by atoms with Crippen molar-refractivity contribution >= 4 is 0 Å². The zero-order valence-corrected chi connectivity index (χ0v) is 10.6. The summed E-state index contributed by atoms with van der Waals surface area (Å²) in [5.74, 6) is 0.502. The number of ether oxygens (including phenoxy) is 4. The van der Waals surface area contributed by atoms with Crippen LogP contribution >= 0.6 is 0 Å². The van der Waals surface area contributed by atoms with Crippen LogP contribution in [0.5, 0.6) is 11.5 Å². The molecule has 1 aliphatic rings. The van der Waals surface area contributed by atoms with E-state index in [1.165, 1.54) is 6.07 Å². The molecule has 1 saturated heterocycles. The summed E-state index contributed by atoms with van der Waals surface area (Å²) in [6, 6.07) is 2.90. The van der Waals surface area contributed by atoms with E-state index in [-0.39, 0.29) is 0 Å². The summed E-state index contributed by atoms with van der Waals surface area (Å²) in [6.45, 7) is 5.58. The molecule has 0 aromatic heterocycles. The summed E-state index contributed by atoms with van der Waals surface area (Å²) < 4.78 is 35.3. The predicted octanol–water partition coefficient (Wildman–Crippen LogP) is 2.67. The van der Waals surface area contributed by atoms with Gasteiger partial charge in [-0.05, 0) is 19.9 Å². The molecule has 1 aromatic rings. The fourth-order valence-corrected chi connectivity index (χ4v) is 1.81. The normalized spacial score (nSPS) is 15.9. The Kier molecular flexibility index (Phi) is 4.38. The van der Waals surface area contributed by atoms with E-state index in [1.54, 1.807) is 6.07 Å². The van der Waals surface area contributed by atoms with Crippen LogP contribution in [-0.2, 0) is 9.47 Å². The number of halogens is 1. The number of hydrogen-bond acceptors (Lipinski definition) is 4. The van der Waals surface area contributed by atoms with Crippen molar-refractivity contribution in [3.63, 3.8) is 0 Å². The number of hydrogen-bond donors (Lipinski definition) is 0. The Labute approximate surface area is 106 Å². The van der Waals surface area contributed by atoms with E-state index >= 15 is 0 Å². The topological polar surface area (TPSA) is 36.9 Å². The first kappa shape index (κ1) is 13.1. The third kappa shape index (κ3) is 2.73. The molecule has 0 saturated carbocycles. The van der Waals surface area contributed by atoms with Crippen LogP contribution in [0.1, 0.15) is 25.7 Å². The third-order valence-corrected chi connectivity index (χ3v) is 2.54. The molecule has 0 unspecified atom stereocenters. The molecule has 2 rings (SSSR count). The van der Waals surface area contributed by atoms with Gasteiger partial charge in [-0.2, -0.15) is 0 Å². The van der Waals surface area contributed by atoms with Gasteiger partial charge in [0.05, 0.1) is 26.4 Å². The lowest BCUT2D eigenvalue weighted by atomic mass is 10.1. The largest absolute Gasteiger partial charge is 0.490 e. The highest BCUT2D eigenvalue weighted by molar-refractivity contribution is 5.44. The fraction of sp³-hybridized carbons (Fsp3) is 0.538. The molecule has 1 heterocycles. The Morgan fingerprint density at radius 1 is 1.11 bits per heavy atom. The Morgan fingerprint density at radius 3 is 2.22 bits per heavy atom. The lowest BCUT2D eigenvalue weighted by Gasteiger charge is -2.16. The first-order chi connectivity index (χ1) is 8.76. The van der Waals surface area contributed by atoms with Gasteiger partial charge in [0.2, 0.25) is 0 Å². The molecule has 1 aliphatic heterocycles. The Morgan fingerprint density at radius 2 is 1.67 bits per heavy atom. The van der Waals surface area contributed by atoms with E-state index in [0.29, 0.717) is 43.5 Å². The van der Waals surface area contributed by atoms with E-state index in [0.717, 1.165) is 0 Å². The second-order valence-electron chi connectivity index (χ2n) is 3.76. The molecule has 0 atom stereocenters. The van der Waals surface area contributed by atoms with E-state index in [9.17, 15) is 4.39 Å². The molecular formula is C13H17FO4. The van der Waals surface area contributed by atoms with Gasteiger partial charge in [0.25, 0.3) is 0 Å². The maximum atomic E-state index is 14.0. The summed E-state index contributed by atoms with van der Waals surface area (Å²) >= 11 is 0. The highest BCUT2D eigenvalue weighted by Gasteiger charge is 2.24. The SMILES string of the molecule is CCOc1cc(F)c(C2OCCO2)cc1OCC. The first-order valence-electron chi connectivity index (χ1n) is 6.08. The Bertz CT molecular complexity index is 402. The Balaban J connectivity index is 2.32. The molecule has 0 amide bonds. The van der Waals surface area contributed by atoms with Crippen LogP contribution in [0.15, 0.2) is 12.1 Å². The molecular weight excluding hydrogens is 239 g/mol. The summed E-state index contributed by atoms with van der Waals surface area (Å²) in [5.41, 5.74) is 0.347. The molecule has 100 valence electrons. The maximum Gasteiger partial charge on any atom is 0.186 e. The molecule has 0 aliphatic carbocycles. The zero-order chi connectivity index (χ0) is 13.0. The summed E-state index contributed by atoms with van der Waals surface area (Å²) in [5, 5.41) is 0. The molecule has 18 heavy (non-hydrogen) atoms. The second kappa shape index (κ2) is 6.02. The molecule has 0 N–H and O–H groups in total. The van der Waals surface area contributed by atoms with Crippen LogP contribution in [-0.4, -0.2) is 26.4 Å². The van der Waals surface area contributed by atoms with Gasteiger partial charge < -0.3 is 18.9 Å². The summed E-state index contributed by atoms with van der Waals surface area (Å²) in [6.07, 6.45) is -0.653. The highest BCUT2D eigenvalue weighted by Crippen LogP contribution is 2.35. The molecule has 0 spiro atoms. The van der Waals surface area contributed by atoms with Crippen LogP contribution in [0.2, 0.25) is 0 Å². The second-order valence-corrected chi connectivity index (χ2v) is 3.76. The molecule has 1 fully saturated rings. The van der Waals surface area contributed by atoms with Gasteiger partial charge in [-0.3, -0.25) is 0 Å². The highest BCUT2D eigenvalue weighted by atomic mass is 19.1. The summed E-state index contributed by atoms with van der Waals surface area (Å²) in [7, 11) is 0. The first-order valence-corrected chi connectivity index (χ1v) is 6.08. The van der Waals surface area contributed by atoms with Crippen LogP contribution in [0.4, 0.5) is 4.39 Å². The van der Waals surface area contributed by atoms with Gasteiger partial charge >= 0.3 is 0 Å². The predicted molar refractivity (Wildman–Crippen MR) is 63.4 cm³/mol. The molecule has 5 heteroatoms.